The zero-order valence-corrected chi connectivity index (χ0v) is 15.3. The van der Waals surface area contributed by atoms with Crippen molar-refractivity contribution in [1.29, 1.82) is 0 Å². The van der Waals surface area contributed by atoms with Gasteiger partial charge in [-0.05, 0) is 64.3 Å². The lowest BCUT2D eigenvalue weighted by Crippen LogP contribution is -2.27. The predicted octanol–water partition coefficient (Wildman–Crippen LogP) is 3.89. The maximum atomic E-state index is 11.8. The van der Waals surface area contributed by atoms with Crippen LogP contribution in [0.1, 0.15) is 39.7 Å². The highest BCUT2D eigenvalue weighted by atomic mass is 16.6. The highest BCUT2D eigenvalue weighted by molar-refractivity contribution is 5.84. The van der Waals surface area contributed by atoms with Crippen LogP contribution in [-0.2, 0) is 16.0 Å². The third-order valence-electron chi connectivity index (χ3n) is 3.93. The van der Waals surface area contributed by atoms with Gasteiger partial charge >= 0.3 is 6.09 Å². The van der Waals surface area contributed by atoms with Gasteiger partial charge in [-0.15, -0.1) is 0 Å². The summed E-state index contributed by atoms with van der Waals surface area (Å²) in [4.78, 5) is 14.2. The van der Waals surface area contributed by atoms with Crippen LogP contribution >= 0.6 is 0 Å². The monoisotopic (exact) mass is 334 g/mol. The van der Waals surface area contributed by atoms with E-state index in [9.17, 15) is 4.79 Å². The van der Waals surface area contributed by atoms with Crippen LogP contribution < -0.4 is 5.32 Å². The molecule has 1 N–H and O–H groups in total. The third-order valence-corrected chi connectivity index (χ3v) is 3.93. The van der Waals surface area contributed by atoms with Gasteiger partial charge in [0.05, 0.1) is 6.61 Å². The van der Waals surface area contributed by atoms with Crippen molar-refractivity contribution in [2.45, 2.75) is 46.3 Å². The molecule has 1 saturated heterocycles. The zero-order valence-electron chi connectivity index (χ0n) is 15.3. The van der Waals surface area contributed by atoms with E-state index in [0.29, 0.717) is 5.92 Å². The number of ether oxygens (including phenoxy) is 2. The van der Waals surface area contributed by atoms with Crippen molar-refractivity contribution in [2.24, 2.45) is 5.92 Å². The first-order chi connectivity index (χ1) is 11.4. The molecule has 1 heterocycles. The van der Waals surface area contributed by atoms with E-state index in [1.807, 2.05) is 39.8 Å². The van der Waals surface area contributed by atoms with Crippen LogP contribution in [0.3, 0.4) is 0 Å². The van der Waals surface area contributed by atoms with E-state index in [1.54, 1.807) is 0 Å². The Bertz CT molecular complexity index is 522. The van der Waals surface area contributed by atoms with Crippen molar-refractivity contribution >= 4 is 11.8 Å². The van der Waals surface area contributed by atoms with E-state index in [-0.39, 0.29) is 0 Å². The molecule has 2 rings (SSSR count). The number of hydrogen-bond acceptors (Lipinski definition) is 4. The maximum Gasteiger partial charge on any atom is 0.412 e. The van der Waals surface area contributed by atoms with E-state index in [0.717, 1.165) is 38.5 Å². The van der Waals surface area contributed by atoms with E-state index >= 15 is 0 Å². The van der Waals surface area contributed by atoms with E-state index in [1.165, 1.54) is 12.0 Å². The summed E-state index contributed by atoms with van der Waals surface area (Å²) in [6.45, 7) is 12.4. The molecule has 1 aliphatic heterocycles. The van der Waals surface area contributed by atoms with Crippen LogP contribution in [0.25, 0.3) is 0 Å². The molecule has 1 aliphatic rings. The number of hydrogen-bond donors (Lipinski definition) is 1. The van der Waals surface area contributed by atoms with Crippen molar-refractivity contribution in [1.82, 2.24) is 4.90 Å². The van der Waals surface area contributed by atoms with Crippen LogP contribution in [0.15, 0.2) is 24.3 Å². The summed E-state index contributed by atoms with van der Waals surface area (Å²) in [5.41, 5.74) is 1.52. The Morgan fingerprint density at radius 3 is 2.62 bits per heavy atom. The van der Waals surface area contributed by atoms with Crippen molar-refractivity contribution in [3.8, 4) is 0 Å². The Morgan fingerprint density at radius 2 is 2.00 bits per heavy atom. The lowest BCUT2D eigenvalue weighted by Gasteiger charge is -2.20. The Labute approximate surface area is 145 Å². The molecule has 1 aromatic rings. The average Bonchev–Trinajstić information content (AvgIpc) is 2.92. The number of nitrogens with zero attached hydrogens (tertiary/aromatic N) is 1. The van der Waals surface area contributed by atoms with Gasteiger partial charge in [-0.2, -0.15) is 0 Å². The fourth-order valence-electron chi connectivity index (χ4n) is 2.85. The number of carbonyl (C=O) groups excluding carboxylic acids is 1. The summed E-state index contributed by atoms with van der Waals surface area (Å²) in [5, 5.41) is 2.76. The highest BCUT2D eigenvalue weighted by Gasteiger charge is 2.22. The predicted molar refractivity (Wildman–Crippen MR) is 96.2 cm³/mol. The van der Waals surface area contributed by atoms with Crippen molar-refractivity contribution in [3.63, 3.8) is 0 Å². The number of carbonyl (C=O) groups is 1. The molecule has 24 heavy (non-hydrogen) atoms. The molecule has 5 heteroatoms. The molecule has 0 aromatic heterocycles. The first-order valence-corrected chi connectivity index (χ1v) is 8.75. The zero-order chi connectivity index (χ0) is 17.6. The lowest BCUT2D eigenvalue weighted by molar-refractivity contribution is 0.0636. The normalized spacial score (nSPS) is 18.6. The van der Waals surface area contributed by atoms with E-state index in [4.69, 9.17) is 9.47 Å². The summed E-state index contributed by atoms with van der Waals surface area (Å²) in [5.74, 6) is 0.651. The Balaban J connectivity index is 1.79. The minimum Gasteiger partial charge on any atom is -0.444 e. The molecular weight excluding hydrogens is 304 g/mol. The molecule has 0 spiro atoms. The SMILES string of the molecule is CCOC[C@H]1CCN(Cc2ccc(NC(=O)OC(C)(C)C)cc2)C1. The van der Waals surface area contributed by atoms with Gasteiger partial charge in [-0.3, -0.25) is 10.2 Å². The van der Waals surface area contributed by atoms with Gasteiger partial charge < -0.3 is 9.47 Å². The molecule has 1 aromatic carbocycles. The number of nitrogens with one attached hydrogen (secondary N) is 1. The number of benzene rings is 1. The summed E-state index contributed by atoms with van der Waals surface area (Å²) in [7, 11) is 0. The number of amides is 1. The van der Waals surface area contributed by atoms with Crippen LogP contribution in [-0.4, -0.2) is 42.9 Å². The smallest absolute Gasteiger partial charge is 0.412 e. The molecule has 5 nitrogen and oxygen atoms in total. The molecule has 0 saturated carbocycles. The standard InChI is InChI=1S/C19H30N2O3/c1-5-23-14-16-10-11-21(13-16)12-15-6-8-17(9-7-15)20-18(22)24-19(2,3)4/h6-9,16H,5,10-14H2,1-4H3,(H,20,22)/t16-/m0/s1. The Morgan fingerprint density at radius 1 is 1.29 bits per heavy atom. The Kier molecular flexibility index (Phi) is 6.63. The number of likely N-dealkylation sites (tertiary alicyclic amines) is 1. The van der Waals surface area contributed by atoms with Crippen LogP contribution in [0, 0.1) is 5.92 Å². The van der Waals surface area contributed by atoms with Gasteiger partial charge in [0.15, 0.2) is 0 Å². The minimum atomic E-state index is -0.488. The van der Waals surface area contributed by atoms with Gasteiger partial charge in [0.1, 0.15) is 5.60 Å². The quantitative estimate of drug-likeness (QED) is 0.857. The fourth-order valence-corrected chi connectivity index (χ4v) is 2.85. The van der Waals surface area contributed by atoms with E-state index < -0.39 is 11.7 Å². The first kappa shape index (κ1) is 18.7. The molecule has 0 bridgehead atoms. The first-order valence-electron chi connectivity index (χ1n) is 8.75. The molecule has 1 fully saturated rings. The lowest BCUT2D eigenvalue weighted by atomic mass is 10.1. The Hall–Kier alpha value is -1.59. The summed E-state index contributed by atoms with van der Waals surface area (Å²) in [6.07, 6.45) is 0.784. The molecule has 0 radical (unpaired) electrons. The average molecular weight is 334 g/mol. The fraction of sp³-hybridized carbons (Fsp3) is 0.632. The van der Waals surface area contributed by atoms with Gasteiger partial charge in [-0.25, -0.2) is 4.79 Å². The van der Waals surface area contributed by atoms with Gasteiger partial charge in [0.2, 0.25) is 0 Å². The van der Waals surface area contributed by atoms with E-state index in [2.05, 4.69) is 22.3 Å². The second-order valence-electron chi connectivity index (χ2n) is 7.37. The molecule has 1 amide bonds. The van der Waals surface area contributed by atoms with Crippen LogP contribution in [0.4, 0.5) is 10.5 Å². The van der Waals surface area contributed by atoms with Crippen molar-refractivity contribution in [3.05, 3.63) is 29.8 Å². The van der Waals surface area contributed by atoms with Gasteiger partial charge in [0, 0.05) is 25.4 Å². The number of anilines is 1. The highest BCUT2D eigenvalue weighted by Crippen LogP contribution is 2.20. The molecule has 134 valence electrons. The summed E-state index contributed by atoms with van der Waals surface area (Å²) >= 11 is 0. The van der Waals surface area contributed by atoms with Gasteiger partial charge in [0.25, 0.3) is 0 Å². The van der Waals surface area contributed by atoms with Gasteiger partial charge in [-0.1, -0.05) is 12.1 Å². The summed E-state index contributed by atoms with van der Waals surface area (Å²) < 4.78 is 10.8. The topological polar surface area (TPSA) is 50.8 Å². The maximum absolute atomic E-state index is 11.8. The van der Waals surface area contributed by atoms with Crippen molar-refractivity contribution in [2.75, 3.05) is 31.6 Å². The number of rotatable bonds is 6. The third kappa shape index (κ3) is 6.49. The summed E-state index contributed by atoms with van der Waals surface area (Å²) in [6, 6.07) is 7.96. The largest absolute Gasteiger partial charge is 0.444 e. The van der Waals surface area contributed by atoms with Crippen molar-refractivity contribution < 1.29 is 14.3 Å². The minimum absolute atomic E-state index is 0.423. The molecule has 0 aliphatic carbocycles. The molecule has 0 unspecified atom stereocenters. The van der Waals surface area contributed by atoms with Crippen LogP contribution in [0.5, 0.6) is 0 Å². The molecule has 1 atom stereocenters. The van der Waals surface area contributed by atoms with Crippen LogP contribution in [0.2, 0.25) is 0 Å². The second-order valence-corrected chi connectivity index (χ2v) is 7.37. The molecular formula is C19H30N2O3. The second kappa shape index (κ2) is 8.49.